The molecule has 3 saturated carbocycles. The van der Waals surface area contributed by atoms with Crippen molar-refractivity contribution in [1.29, 1.82) is 0 Å². The zero-order valence-corrected chi connectivity index (χ0v) is 18.2. The van der Waals surface area contributed by atoms with E-state index in [9.17, 15) is 15.0 Å². The third-order valence-electron chi connectivity index (χ3n) is 9.22. The topological polar surface area (TPSA) is 60.8 Å². The van der Waals surface area contributed by atoms with Crippen molar-refractivity contribution < 1.29 is 15.0 Å². The van der Waals surface area contributed by atoms with Crippen LogP contribution in [-0.2, 0) is 4.79 Å². The third kappa shape index (κ3) is 2.72. The summed E-state index contributed by atoms with van der Waals surface area (Å²) in [5.41, 5.74) is 1.99. The quantitative estimate of drug-likeness (QED) is 0.726. The van der Waals surface area contributed by atoms with E-state index in [0.717, 1.165) is 43.2 Å². The van der Waals surface area contributed by atoms with Gasteiger partial charge in [-0.3, -0.25) is 4.79 Å². The van der Waals surface area contributed by atoms with Gasteiger partial charge in [-0.15, -0.1) is 0 Å². The fourth-order valence-electron chi connectivity index (χ4n) is 7.57. The summed E-state index contributed by atoms with van der Waals surface area (Å²) in [6, 6.07) is 7.56. The van der Waals surface area contributed by atoms with Crippen LogP contribution >= 0.6 is 0 Å². The van der Waals surface area contributed by atoms with Crippen LogP contribution in [0.1, 0.15) is 51.5 Å². The van der Waals surface area contributed by atoms with Gasteiger partial charge in [0.25, 0.3) is 0 Å². The van der Waals surface area contributed by atoms with E-state index in [1.807, 2.05) is 24.1 Å². The van der Waals surface area contributed by atoms with E-state index in [2.05, 4.69) is 26.0 Å². The summed E-state index contributed by atoms with van der Waals surface area (Å²) in [6.07, 6.45) is 10.9. The largest absolute Gasteiger partial charge is 0.508 e. The van der Waals surface area contributed by atoms with E-state index in [1.165, 1.54) is 0 Å². The van der Waals surface area contributed by atoms with E-state index >= 15 is 0 Å². The van der Waals surface area contributed by atoms with Crippen LogP contribution in [0.2, 0.25) is 0 Å². The standard InChI is InChI=1S/C26H33NO3/c1-25-12-10-23(29)27(3)22(25)8-7-19-20(25)9-11-26(2)21(19)15-17(24(26)30)13-16-5-4-6-18(28)14-16/h4-6,10,12-14,19-22,24,28,30H,7-9,11,15H2,1-3H3/t19-,20-,21+,22?,24?,25-,26+/m1/s1. The average molecular weight is 408 g/mol. The molecule has 1 aliphatic heterocycles. The first-order valence-corrected chi connectivity index (χ1v) is 11.4. The molecule has 4 heteroatoms. The van der Waals surface area contributed by atoms with Crippen LogP contribution in [0.15, 0.2) is 42.0 Å². The van der Waals surface area contributed by atoms with Gasteiger partial charge in [0.1, 0.15) is 5.75 Å². The predicted molar refractivity (Wildman–Crippen MR) is 118 cm³/mol. The summed E-state index contributed by atoms with van der Waals surface area (Å²) in [4.78, 5) is 14.2. The lowest BCUT2D eigenvalue weighted by atomic mass is 9.48. The second-order valence-corrected chi connectivity index (χ2v) is 10.6. The summed E-state index contributed by atoms with van der Waals surface area (Å²) in [5, 5.41) is 21.2. The van der Waals surface area contributed by atoms with Gasteiger partial charge in [0.2, 0.25) is 5.91 Å². The molecule has 1 aromatic carbocycles. The molecule has 30 heavy (non-hydrogen) atoms. The number of aliphatic hydroxyl groups is 1. The number of carbonyl (C=O) groups excluding carboxylic acids is 1. The molecular formula is C26H33NO3. The molecule has 1 aromatic rings. The first kappa shape index (κ1) is 19.9. The Kier molecular flexibility index (Phi) is 4.45. The van der Waals surface area contributed by atoms with Crippen molar-refractivity contribution in [2.75, 3.05) is 7.05 Å². The average Bonchev–Trinajstić information content (AvgIpc) is 2.96. The Balaban J connectivity index is 1.48. The lowest BCUT2D eigenvalue weighted by molar-refractivity contribution is -0.140. The van der Waals surface area contributed by atoms with E-state index in [0.29, 0.717) is 17.8 Å². The molecule has 0 saturated heterocycles. The molecule has 1 amide bonds. The number of phenolic OH excluding ortho intramolecular Hbond substituents is 1. The number of nitrogens with zero attached hydrogens (tertiary/aromatic N) is 1. The summed E-state index contributed by atoms with van der Waals surface area (Å²) < 4.78 is 0. The van der Waals surface area contributed by atoms with E-state index in [-0.39, 0.29) is 28.5 Å². The summed E-state index contributed by atoms with van der Waals surface area (Å²) >= 11 is 0. The molecular weight excluding hydrogens is 374 g/mol. The first-order valence-electron chi connectivity index (χ1n) is 11.4. The number of likely N-dealkylation sites (N-methyl/N-ethyl adjacent to an activating group) is 1. The second-order valence-electron chi connectivity index (χ2n) is 10.6. The van der Waals surface area contributed by atoms with Crippen molar-refractivity contribution in [2.24, 2.45) is 28.6 Å². The molecule has 4 nitrogen and oxygen atoms in total. The molecule has 0 spiro atoms. The lowest BCUT2D eigenvalue weighted by Gasteiger charge is -2.59. The zero-order chi connectivity index (χ0) is 21.3. The number of phenols is 1. The Hall–Kier alpha value is -2.07. The Morgan fingerprint density at radius 2 is 1.97 bits per heavy atom. The summed E-state index contributed by atoms with van der Waals surface area (Å²) in [6.45, 7) is 4.63. The smallest absolute Gasteiger partial charge is 0.246 e. The predicted octanol–water partition coefficient (Wildman–Crippen LogP) is 4.39. The zero-order valence-electron chi connectivity index (χ0n) is 18.2. The number of amides is 1. The fraction of sp³-hybridized carbons (Fsp3) is 0.577. The molecule has 0 radical (unpaired) electrons. The van der Waals surface area contributed by atoms with E-state index < -0.39 is 6.10 Å². The van der Waals surface area contributed by atoms with Crippen molar-refractivity contribution in [1.82, 2.24) is 4.90 Å². The highest BCUT2D eigenvalue weighted by Crippen LogP contribution is 2.65. The number of rotatable bonds is 1. The highest BCUT2D eigenvalue weighted by atomic mass is 16.3. The van der Waals surface area contributed by atoms with E-state index in [4.69, 9.17) is 0 Å². The van der Waals surface area contributed by atoms with Crippen LogP contribution in [0.25, 0.3) is 6.08 Å². The Labute approximate surface area is 179 Å². The monoisotopic (exact) mass is 407 g/mol. The van der Waals surface area contributed by atoms with Gasteiger partial charge in [-0.05, 0) is 79.2 Å². The van der Waals surface area contributed by atoms with Crippen LogP contribution in [-0.4, -0.2) is 40.2 Å². The number of hydrogen-bond donors (Lipinski definition) is 2. The van der Waals surface area contributed by atoms with Gasteiger partial charge in [0, 0.05) is 23.9 Å². The fourth-order valence-corrected chi connectivity index (χ4v) is 7.57. The summed E-state index contributed by atoms with van der Waals surface area (Å²) in [7, 11) is 1.96. The molecule has 3 aliphatic carbocycles. The van der Waals surface area contributed by atoms with Crippen molar-refractivity contribution in [2.45, 2.75) is 58.1 Å². The van der Waals surface area contributed by atoms with Crippen LogP contribution in [0, 0.1) is 28.6 Å². The molecule has 0 bridgehead atoms. The Bertz CT molecular complexity index is 936. The lowest BCUT2D eigenvalue weighted by Crippen LogP contribution is -2.59. The Morgan fingerprint density at radius 1 is 1.17 bits per heavy atom. The maximum Gasteiger partial charge on any atom is 0.246 e. The van der Waals surface area contributed by atoms with Gasteiger partial charge in [0.05, 0.1) is 6.10 Å². The minimum Gasteiger partial charge on any atom is -0.508 e. The number of aromatic hydroxyl groups is 1. The first-order chi connectivity index (χ1) is 14.2. The second kappa shape index (κ2) is 6.71. The summed E-state index contributed by atoms with van der Waals surface area (Å²) in [5.74, 6) is 1.97. The van der Waals surface area contributed by atoms with Gasteiger partial charge in [-0.25, -0.2) is 0 Å². The van der Waals surface area contributed by atoms with E-state index in [1.54, 1.807) is 18.2 Å². The number of carbonyl (C=O) groups is 1. The highest BCUT2D eigenvalue weighted by Gasteiger charge is 2.61. The van der Waals surface area contributed by atoms with Gasteiger partial charge in [-0.1, -0.05) is 38.1 Å². The van der Waals surface area contributed by atoms with Crippen LogP contribution < -0.4 is 0 Å². The molecule has 160 valence electrons. The maximum absolute atomic E-state index is 12.2. The van der Waals surface area contributed by atoms with Crippen LogP contribution in [0.4, 0.5) is 0 Å². The van der Waals surface area contributed by atoms with Gasteiger partial charge in [-0.2, -0.15) is 0 Å². The molecule has 3 fully saturated rings. The number of aliphatic hydroxyl groups excluding tert-OH is 1. The van der Waals surface area contributed by atoms with Crippen LogP contribution in [0.5, 0.6) is 5.75 Å². The van der Waals surface area contributed by atoms with Crippen molar-refractivity contribution >= 4 is 12.0 Å². The number of benzene rings is 1. The van der Waals surface area contributed by atoms with Crippen molar-refractivity contribution in [3.63, 3.8) is 0 Å². The minimum absolute atomic E-state index is 0.0234. The van der Waals surface area contributed by atoms with Gasteiger partial charge < -0.3 is 15.1 Å². The van der Waals surface area contributed by atoms with Gasteiger partial charge >= 0.3 is 0 Å². The number of hydrogen-bond acceptors (Lipinski definition) is 3. The van der Waals surface area contributed by atoms with Gasteiger partial charge in [0.15, 0.2) is 0 Å². The van der Waals surface area contributed by atoms with Crippen molar-refractivity contribution in [3.8, 4) is 5.75 Å². The highest BCUT2D eigenvalue weighted by molar-refractivity contribution is 5.89. The SMILES string of the molecule is CN1C(=O)C=C[C@@]2(C)C1CC[C@@H]1[C@H]2CC[C@]2(C)C(O)C(=Cc3cccc(O)c3)C[C@@H]12. The molecule has 4 aliphatic rings. The van der Waals surface area contributed by atoms with Crippen LogP contribution in [0.3, 0.4) is 0 Å². The number of fused-ring (bicyclic) bond motifs is 5. The normalized spacial score (nSPS) is 44.0. The molecule has 0 aromatic heterocycles. The third-order valence-corrected chi connectivity index (χ3v) is 9.22. The maximum atomic E-state index is 12.2. The Morgan fingerprint density at radius 3 is 2.73 bits per heavy atom. The molecule has 5 rings (SSSR count). The molecule has 1 heterocycles. The molecule has 2 N–H and O–H groups in total. The molecule has 2 unspecified atom stereocenters. The molecule has 7 atom stereocenters. The minimum atomic E-state index is -0.428. The van der Waals surface area contributed by atoms with Crippen molar-refractivity contribution in [3.05, 3.63) is 47.6 Å².